The number of aliphatic hydroxyl groups is 1. The number of aromatic nitrogens is 1. The van der Waals surface area contributed by atoms with Crippen molar-refractivity contribution in [3.63, 3.8) is 0 Å². The van der Waals surface area contributed by atoms with Crippen molar-refractivity contribution >= 4 is 5.97 Å². The Bertz CT molecular complexity index is 545. The number of benzene rings is 1. The number of aromatic hydroxyl groups is 1. The van der Waals surface area contributed by atoms with Gasteiger partial charge in [0, 0.05) is 6.07 Å². The molecule has 5 heteroatoms. The summed E-state index contributed by atoms with van der Waals surface area (Å²) in [5.74, 6) is -1.07. The third kappa shape index (κ3) is 2.52. The molecule has 94 valence electrons. The first-order valence-electron chi connectivity index (χ1n) is 5.45. The first kappa shape index (κ1) is 12.2. The zero-order valence-corrected chi connectivity index (χ0v) is 9.75. The van der Waals surface area contributed by atoms with E-state index in [0.717, 1.165) is 5.56 Å². The summed E-state index contributed by atoms with van der Waals surface area (Å²) in [5.41, 5.74) is 1.48. The second-order valence-electron chi connectivity index (χ2n) is 3.86. The molecule has 0 saturated carbocycles. The normalized spacial score (nSPS) is 12.1. The van der Waals surface area contributed by atoms with E-state index in [1.165, 1.54) is 13.0 Å². The third-order valence-electron chi connectivity index (χ3n) is 2.39. The lowest BCUT2D eigenvalue weighted by atomic mass is 10.2. The molecule has 0 aliphatic carbocycles. The molecule has 2 aromatic rings. The van der Waals surface area contributed by atoms with E-state index >= 15 is 0 Å². The Labute approximate surface area is 104 Å². The maximum Gasteiger partial charge on any atom is 0.341 e. The molecule has 1 atom stereocenters. The topological polar surface area (TPSA) is 82.5 Å². The van der Waals surface area contributed by atoms with Crippen LogP contribution in [0.25, 0.3) is 11.3 Å². The number of aromatic amines is 1. The van der Waals surface area contributed by atoms with Gasteiger partial charge in [-0.3, -0.25) is 0 Å². The van der Waals surface area contributed by atoms with Gasteiger partial charge in [0.05, 0.1) is 5.69 Å². The van der Waals surface area contributed by atoms with Gasteiger partial charge in [-0.25, -0.2) is 4.79 Å². The van der Waals surface area contributed by atoms with Gasteiger partial charge in [-0.1, -0.05) is 30.3 Å². The molecule has 0 radical (unpaired) electrons. The monoisotopic (exact) mass is 247 g/mol. The Morgan fingerprint density at radius 1 is 1.33 bits per heavy atom. The highest BCUT2D eigenvalue weighted by Gasteiger charge is 2.16. The highest BCUT2D eigenvalue weighted by atomic mass is 16.6. The number of H-pyrrole nitrogens is 1. The van der Waals surface area contributed by atoms with Gasteiger partial charge < -0.3 is 19.9 Å². The predicted octanol–water partition coefficient (Wildman–Crippen LogP) is 1.67. The summed E-state index contributed by atoms with van der Waals surface area (Å²) < 4.78 is 4.81. The molecule has 2 rings (SSSR count). The molecule has 1 aromatic heterocycles. The van der Waals surface area contributed by atoms with E-state index in [4.69, 9.17) is 9.84 Å². The van der Waals surface area contributed by atoms with E-state index in [1.807, 2.05) is 30.3 Å². The summed E-state index contributed by atoms with van der Waals surface area (Å²) >= 11 is 0. The molecule has 0 spiro atoms. The van der Waals surface area contributed by atoms with Crippen molar-refractivity contribution in [2.45, 2.75) is 13.0 Å². The minimum absolute atomic E-state index is 0.0697. The summed E-state index contributed by atoms with van der Waals surface area (Å²) in [6, 6.07) is 10.8. The Morgan fingerprint density at radius 3 is 2.61 bits per heavy atom. The van der Waals surface area contributed by atoms with Crippen LogP contribution in [0.1, 0.15) is 6.92 Å². The zero-order chi connectivity index (χ0) is 13.1. The van der Waals surface area contributed by atoms with E-state index in [-0.39, 0.29) is 11.6 Å². The minimum Gasteiger partial charge on any atom is -0.503 e. The van der Waals surface area contributed by atoms with Gasteiger partial charge in [0.2, 0.25) is 5.88 Å². The van der Waals surface area contributed by atoms with Crippen molar-refractivity contribution < 1.29 is 19.7 Å². The number of ether oxygens (including phenoxy) is 1. The summed E-state index contributed by atoms with van der Waals surface area (Å²) in [4.78, 5) is 14.0. The second kappa shape index (κ2) is 4.93. The first-order chi connectivity index (χ1) is 8.58. The molecular formula is C13H13NO4. The van der Waals surface area contributed by atoms with Gasteiger partial charge in [0.1, 0.15) is 6.10 Å². The first-order valence-corrected chi connectivity index (χ1v) is 5.45. The number of hydrogen-bond donors (Lipinski definition) is 3. The SMILES string of the molecule is C[C@H](O)C(=O)Oc1[nH]c(-c2ccccc2)cc1O. The van der Waals surface area contributed by atoms with Crippen molar-refractivity contribution in [1.82, 2.24) is 4.98 Å². The average Bonchev–Trinajstić information content (AvgIpc) is 2.72. The van der Waals surface area contributed by atoms with E-state index in [0.29, 0.717) is 5.69 Å². The Kier molecular flexibility index (Phi) is 3.34. The molecule has 18 heavy (non-hydrogen) atoms. The Balaban J connectivity index is 2.25. The Hall–Kier alpha value is -2.27. The number of rotatable bonds is 3. The molecule has 0 saturated heterocycles. The predicted molar refractivity (Wildman–Crippen MR) is 65.2 cm³/mol. The quantitative estimate of drug-likeness (QED) is 0.720. The van der Waals surface area contributed by atoms with Gasteiger partial charge in [-0.05, 0) is 12.5 Å². The lowest BCUT2D eigenvalue weighted by Gasteiger charge is -2.04. The van der Waals surface area contributed by atoms with Gasteiger partial charge >= 0.3 is 5.97 Å². The highest BCUT2D eigenvalue weighted by molar-refractivity contribution is 5.77. The third-order valence-corrected chi connectivity index (χ3v) is 2.39. The molecule has 0 unspecified atom stereocenters. The van der Waals surface area contributed by atoms with Crippen LogP contribution in [-0.2, 0) is 4.79 Å². The van der Waals surface area contributed by atoms with Gasteiger partial charge in [-0.15, -0.1) is 0 Å². The number of aliphatic hydroxyl groups excluding tert-OH is 1. The van der Waals surface area contributed by atoms with E-state index in [2.05, 4.69) is 4.98 Å². The van der Waals surface area contributed by atoms with Crippen molar-refractivity contribution in [1.29, 1.82) is 0 Å². The summed E-state index contributed by atoms with van der Waals surface area (Å²) in [6.07, 6.45) is -1.24. The molecule has 1 heterocycles. The molecule has 5 nitrogen and oxygen atoms in total. The molecule has 0 bridgehead atoms. The van der Waals surface area contributed by atoms with Gasteiger partial charge in [0.15, 0.2) is 5.75 Å². The van der Waals surface area contributed by atoms with E-state index in [1.54, 1.807) is 0 Å². The fourth-order valence-electron chi connectivity index (χ4n) is 1.46. The lowest BCUT2D eigenvalue weighted by Crippen LogP contribution is -2.22. The molecule has 1 aromatic carbocycles. The average molecular weight is 247 g/mol. The summed E-state index contributed by atoms with van der Waals surface area (Å²) in [7, 11) is 0. The minimum atomic E-state index is -1.24. The molecule has 0 amide bonds. The van der Waals surface area contributed by atoms with E-state index in [9.17, 15) is 9.90 Å². The highest BCUT2D eigenvalue weighted by Crippen LogP contribution is 2.31. The lowest BCUT2D eigenvalue weighted by molar-refractivity contribution is -0.143. The van der Waals surface area contributed by atoms with Crippen LogP contribution in [0.3, 0.4) is 0 Å². The number of esters is 1. The van der Waals surface area contributed by atoms with Crippen molar-refractivity contribution in [2.75, 3.05) is 0 Å². The smallest absolute Gasteiger partial charge is 0.341 e. The Morgan fingerprint density at radius 2 is 2.00 bits per heavy atom. The fourth-order valence-corrected chi connectivity index (χ4v) is 1.46. The van der Waals surface area contributed by atoms with Crippen LogP contribution in [0.2, 0.25) is 0 Å². The molecule has 0 aliphatic heterocycles. The largest absolute Gasteiger partial charge is 0.503 e. The second-order valence-corrected chi connectivity index (χ2v) is 3.86. The summed E-state index contributed by atoms with van der Waals surface area (Å²) in [5, 5.41) is 18.7. The van der Waals surface area contributed by atoms with Crippen molar-refractivity contribution in [2.24, 2.45) is 0 Å². The van der Waals surface area contributed by atoms with Crippen LogP contribution < -0.4 is 4.74 Å². The number of hydrogen-bond acceptors (Lipinski definition) is 4. The van der Waals surface area contributed by atoms with Crippen LogP contribution in [0.5, 0.6) is 11.6 Å². The standard InChI is InChI=1S/C13H13NO4/c1-8(15)13(17)18-12-11(16)7-10(14-12)9-5-3-2-4-6-9/h2-8,14-16H,1H3/t8-/m0/s1. The number of carbonyl (C=O) groups excluding carboxylic acids is 1. The number of nitrogens with one attached hydrogen (secondary N) is 1. The molecule has 0 fully saturated rings. The van der Waals surface area contributed by atoms with Crippen molar-refractivity contribution in [3.8, 4) is 22.9 Å². The van der Waals surface area contributed by atoms with Crippen LogP contribution in [0.4, 0.5) is 0 Å². The maximum atomic E-state index is 11.2. The van der Waals surface area contributed by atoms with Gasteiger partial charge in [0.25, 0.3) is 0 Å². The molecule has 0 aliphatic rings. The van der Waals surface area contributed by atoms with Crippen LogP contribution >= 0.6 is 0 Å². The van der Waals surface area contributed by atoms with Crippen LogP contribution in [0, 0.1) is 0 Å². The maximum absolute atomic E-state index is 11.2. The van der Waals surface area contributed by atoms with Crippen LogP contribution in [0.15, 0.2) is 36.4 Å². The van der Waals surface area contributed by atoms with Gasteiger partial charge in [-0.2, -0.15) is 0 Å². The molecular weight excluding hydrogens is 234 g/mol. The number of carbonyl (C=O) groups is 1. The van der Waals surface area contributed by atoms with E-state index < -0.39 is 12.1 Å². The van der Waals surface area contributed by atoms with Crippen LogP contribution in [-0.4, -0.2) is 27.3 Å². The zero-order valence-electron chi connectivity index (χ0n) is 9.75. The summed E-state index contributed by atoms with van der Waals surface area (Å²) in [6.45, 7) is 1.29. The van der Waals surface area contributed by atoms with Crippen molar-refractivity contribution in [3.05, 3.63) is 36.4 Å². The fraction of sp³-hybridized carbons (Fsp3) is 0.154. The molecule has 3 N–H and O–H groups in total.